The quantitative estimate of drug-likeness (QED) is 0.687. The second-order valence-electron chi connectivity index (χ2n) is 4.73. The molecule has 0 radical (unpaired) electrons. The lowest BCUT2D eigenvalue weighted by Crippen LogP contribution is -2.00. The summed E-state index contributed by atoms with van der Waals surface area (Å²) >= 11 is 0. The number of hydrogen-bond acceptors (Lipinski definition) is 1. The van der Waals surface area contributed by atoms with Gasteiger partial charge in [-0.1, -0.05) is 60.2 Å². The first-order chi connectivity index (χ1) is 9.33. The van der Waals surface area contributed by atoms with E-state index < -0.39 is 0 Å². The van der Waals surface area contributed by atoms with Crippen LogP contribution < -0.4 is 0 Å². The van der Waals surface area contributed by atoms with Gasteiger partial charge in [-0.05, 0) is 12.5 Å². The van der Waals surface area contributed by atoms with E-state index in [0.29, 0.717) is 0 Å². The highest BCUT2D eigenvalue weighted by Crippen LogP contribution is 2.18. The van der Waals surface area contributed by atoms with Crippen molar-refractivity contribution in [2.45, 2.75) is 13.5 Å². The fourth-order valence-electron chi connectivity index (χ4n) is 2.17. The molecule has 19 heavy (non-hydrogen) atoms. The second-order valence-corrected chi connectivity index (χ2v) is 4.73. The number of imidazole rings is 1. The van der Waals surface area contributed by atoms with Crippen molar-refractivity contribution >= 4 is 0 Å². The summed E-state index contributed by atoms with van der Waals surface area (Å²) in [5, 5.41) is 0. The molecule has 3 rings (SSSR count). The van der Waals surface area contributed by atoms with Gasteiger partial charge in [0.05, 0.1) is 0 Å². The van der Waals surface area contributed by atoms with Gasteiger partial charge in [-0.15, -0.1) is 0 Å². The van der Waals surface area contributed by atoms with Gasteiger partial charge in [-0.2, -0.15) is 0 Å². The highest BCUT2D eigenvalue weighted by atomic mass is 15.1. The highest BCUT2D eigenvalue weighted by molar-refractivity contribution is 5.55. The number of benzene rings is 2. The van der Waals surface area contributed by atoms with E-state index >= 15 is 0 Å². The molecule has 0 saturated carbocycles. The molecule has 94 valence electrons. The molecule has 3 aromatic rings. The summed E-state index contributed by atoms with van der Waals surface area (Å²) in [5.41, 5.74) is 3.73. The molecule has 0 aliphatic rings. The Morgan fingerprint density at radius 3 is 2.42 bits per heavy atom. The van der Waals surface area contributed by atoms with Crippen molar-refractivity contribution in [1.82, 2.24) is 9.55 Å². The number of rotatable bonds is 3. The SMILES string of the molecule is Cc1ccc(Cn2ccnc2-c2ccccc2)cc1. The van der Waals surface area contributed by atoms with Crippen molar-refractivity contribution in [3.63, 3.8) is 0 Å². The molecule has 0 amide bonds. The maximum Gasteiger partial charge on any atom is 0.140 e. The maximum atomic E-state index is 4.46. The molecule has 0 fully saturated rings. The predicted octanol–water partition coefficient (Wildman–Crippen LogP) is 3.91. The van der Waals surface area contributed by atoms with Gasteiger partial charge in [0.15, 0.2) is 0 Å². The van der Waals surface area contributed by atoms with Crippen LogP contribution >= 0.6 is 0 Å². The average molecular weight is 248 g/mol. The molecule has 2 nitrogen and oxygen atoms in total. The Labute approximate surface area is 113 Å². The van der Waals surface area contributed by atoms with Crippen LogP contribution in [-0.4, -0.2) is 9.55 Å². The Kier molecular flexibility index (Phi) is 3.15. The summed E-state index contributed by atoms with van der Waals surface area (Å²) in [5.74, 6) is 1.01. The van der Waals surface area contributed by atoms with E-state index in [1.54, 1.807) is 0 Å². The van der Waals surface area contributed by atoms with Crippen molar-refractivity contribution in [3.8, 4) is 11.4 Å². The number of nitrogens with zero attached hydrogens (tertiary/aromatic N) is 2. The van der Waals surface area contributed by atoms with Crippen LogP contribution in [-0.2, 0) is 6.54 Å². The zero-order valence-corrected chi connectivity index (χ0v) is 11.0. The average Bonchev–Trinajstić information content (AvgIpc) is 2.90. The zero-order valence-electron chi connectivity index (χ0n) is 11.0. The van der Waals surface area contributed by atoms with Crippen molar-refractivity contribution in [2.75, 3.05) is 0 Å². The molecule has 0 aliphatic heterocycles. The van der Waals surface area contributed by atoms with Gasteiger partial charge >= 0.3 is 0 Å². The van der Waals surface area contributed by atoms with Gasteiger partial charge in [-0.3, -0.25) is 0 Å². The molecule has 1 aromatic heterocycles. The molecule has 0 unspecified atom stereocenters. The van der Waals surface area contributed by atoms with Crippen LogP contribution in [0.5, 0.6) is 0 Å². The standard InChI is InChI=1S/C17H16N2/c1-14-7-9-15(10-8-14)13-19-12-11-18-17(19)16-5-3-2-4-6-16/h2-12H,13H2,1H3. The van der Waals surface area contributed by atoms with Crippen LogP contribution in [0.25, 0.3) is 11.4 Å². The fourth-order valence-corrected chi connectivity index (χ4v) is 2.17. The largest absolute Gasteiger partial charge is 0.327 e. The zero-order chi connectivity index (χ0) is 13.1. The number of aromatic nitrogens is 2. The Morgan fingerprint density at radius 2 is 1.68 bits per heavy atom. The van der Waals surface area contributed by atoms with Crippen LogP contribution in [0, 0.1) is 6.92 Å². The van der Waals surface area contributed by atoms with Crippen LogP contribution in [0.3, 0.4) is 0 Å². The normalized spacial score (nSPS) is 10.6. The van der Waals surface area contributed by atoms with E-state index in [1.807, 2.05) is 30.6 Å². The monoisotopic (exact) mass is 248 g/mol. The first kappa shape index (κ1) is 11.7. The van der Waals surface area contributed by atoms with E-state index in [9.17, 15) is 0 Å². The Morgan fingerprint density at radius 1 is 0.947 bits per heavy atom. The fraction of sp³-hybridized carbons (Fsp3) is 0.118. The third-order valence-corrected chi connectivity index (χ3v) is 3.22. The smallest absolute Gasteiger partial charge is 0.140 e. The number of hydrogen-bond donors (Lipinski definition) is 0. The molecular weight excluding hydrogens is 232 g/mol. The first-order valence-corrected chi connectivity index (χ1v) is 6.45. The van der Waals surface area contributed by atoms with E-state index in [4.69, 9.17) is 0 Å². The summed E-state index contributed by atoms with van der Waals surface area (Å²) in [6, 6.07) is 18.9. The summed E-state index contributed by atoms with van der Waals surface area (Å²) in [4.78, 5) is 4.46. The lowest BCUT2D eigenvalue weighted by Gasteiger charge is -2.08. The first-order valence-electron chi connectivity index (χ1n) is 6.45. The van der Waals surface area contributed by atoms with Crippen LogP contribution in [0.1, 0.15) is 11.1 Å². The van der Waals surface area contributed by atoms with E-state index in [1.165, 1.54) is 11.1 Å². The minimum Gasteiger partial charge on any atom is -0.327 e. The van der Waals surface area contributed by atoms with Crippen LogP contribution in [0.2, 0.25) is 0 Å². The summed E-state index contributed by atoms with van der Waals surface area (Å²) in [6.07, 6.45) is 3.89. The van der Waals surface area contributed by atoms with E-state index in [0.717, 1.165) is 17.9 Å². The molecule has 0 aliphatic carbocycles. The molecule has 0 saturated heterocycles. The van der Waals surface area contributed by atoms with E-state index in [-0.39, 0.29) is 0 Å². The maximum absolute atomic E-state index is 4.46. The van der Waals surface area contributed by atoms with Gasteiger partial charge < -0.3 is 4.57 Å². The van der Waals surface area contributed by atoms with Gasteiger partial charge in [0.1, 0.15) is 5.82 Å². The molecule has 0 N–H and O–H groups in total. The van der Waals surface area contributed by atoms with Crippen molar-refractivity contribution in [2.24, 2.45) is 0 Å². The lowest BCUT2D eigenvalue weighted by molar-refractivity contribution is 0.807. The van der Waals surface area contributed by atoms with Crippen LogP contribution in [0.15, 0.2) is 67.0 Å². The Bertz CT molecular complexity index is 651. The summed E-state index contributed by atoms with van der Waals surface area (Å²) in [7, 11) is 0. The molecule has 0 spiro atoms. The Hall–Kier alpha value is -2.35. The molecule has 1 heterocycles. The molecule has 0 bridgehead atoms. The summed E-state index contributed by atoms with van der Waals surface area (Å²) in [6.45, 7) is 2.96. The van der Waals surface area contributed by atoms with Gasteiger partial charge in [0.25, 0.3) is 0 Å². The van der Waals surface area contributed by atoms with Crippen molar-refractivity contribution in [3.05, 3.63) is 78.1 Å². The van der Waals surface area contributed by atoms with Gasteiger partial charge in [0.2, 0.25) is 0 Å². The molecule has 0 atom stereocenters. The van der Waals surface area contributed by atoms with E-state index in [2.05, 4.69) is 52.9 Å². The Balaban J connectivity index is 1.91. The lowest BCUT2D eigenvalue weighted by atomic mass is 10.1. The highest BCUT2D eigenvalue weighted by Gasteiger charge is 2.05. The topological polar surface area (TPSA) is 17.8 Å². The summed E-state index contributed by atoms with van der Waals surface area (Å²) < 4.78 is 2.18. The minimum atomic E-state index is 0.852. The van der Waals surface area contributed by atoms with Crippen molar-refractivity contribution in [1.29, 1.82) is 0 Å². The predicted molar refractivity (Wildman–Crippen MR) is 77.9 cm³/mol. The molecule has 2 aromatic carbocycles. The third-order valence-electron chi connectivity index (χ3n) is 3.22. The minimum absolute atomic E-state index is 0.852. The van der Waals surface area contributed by atoms with Gasteiger partial charge in [0, 0.05) is 24.5 Å². The van der Waals surface area contributed by atoms with Gasteiger partial charge in [-0.25, -0.2) is 4.98 Å². The molecule has 2 heteroatoms. The second kappa shape index (κ2) is 5.11. The number of aryl methyl sites for hydroxylation is 1. The third kappa shape index (κ3) is 2.58. The van der Waals surface area contributed by atoms with Crippen LogP contribution in [0.4, 0.5) is 0 Å². The molecular formula is C17H16N2. The van der Waals surface area contributed by atoms with Crippen molar-refractivity contribution < 1.29 is 0 Å².